The lowest BCUT2D eigenvalue weighted by Crippen LogP contribution is -2.57. The maximum absolute atomic E-state index is 15.6. The summed E-state index contributed by atoms with van der Waals surface area (Å²) < 4.78 is 17.7. The third-order valence-corrected chi connectivity index (χ3v) is 18.3. The van der Waals surface area contributed by atoms with Crippen LogP contribution in [-0.4, -0.2) is 94.8 Å². The van der Waals surface area contributed by atoms with Gasteiger partial charge in [0.15, 0.2) is 7.14 Å². The summed E-state index contributed by atoms with van der Waals surface area (Å²) in [6, 6.07) is 14.2. The van der Waals surface area contributed by atoms with Crippen molar-refractivity contribution in [3.05, 3.63) is 52.2 Å². The summed E-state index contributed by atoms with van der Waals surface area (Å²) in [6.07, 6.45) is 22.6. The number of hydrogen-bond acceptors (Lipinski definition) is 6. The van der Waals surface area contributed by atoms with Crippen LogP contribution in [0, 0.1) is 0 Å². The van der Waals surface area contributed by atoms with E-state index in [-0.39, 0.29) is 5.78 Å². The molecular weight excluding hydrogens is 712 g/mol. The zero-order valence-corrected chi connectivity index (χ0v) is 36.1. The maximum atomic E-state index is 15.6. The van der Waals surface area contributed by atoms with E-state index in [1.165, 1.54) is 109 Å². The summed E-state index contributed by atoms with van der Waals surface area (Å²) in [4.78, 5) is 20.5. The number of fused-ring (bicyclic) bond motifs is 2. The van der Waals surface area contributed by atoms with Crippen molar-refractivity contribution in [1.29, 1.82) is 0 Å². The second kappa shape index (κ2) is 18.8. The number of rotatable bonds is 20. The number of piperazine rings is 2. The number of anilines is 2. The van der Waals surface area contributed by atoms with Gasteiger partial charge in [-0.05, 0) is 25.0 Å². The maximum Gasteiger partial charge on any atom is 0.214 e. The molecule has 3 aliphatic heterocycles. The summed E-state index contributed by atoms with van der Waals surface area (Å²) in [5, 5.41) is 4.55. The smallest absolute Gasteiger partial charge is 0.214 e. The number of quaternary nitrogens is 2. The van der Waals surface area contributed by atoms with E-state index in [2.05, 4.69) is 50.0 Å². The summed E-state index contributed by atoms with van der Waals surface area (Å²) >= 11 is 3.15. The second-order valence-electron chi connectivity index (χ2n) is 17.3. The predicted molar refractivity (Wildman–Crippen MR) is 232 cm³/mol. The quantitative estimate of drug-likeness (QED) is 0.0510. The highest BCUT2D eigenvalue weighted by Gasteiger charge is 2.45. The Morgan fingerprint density at radius 3 is 1.47 bits per heavy atom. The zero-order chi connectivity index (χ0) is 37.3. The fourth-order valence-electron chi connectivity index (χ4n) is 8.65. The van der Waals surface area contributed by atoms with Gasteiger partial charge < -0.3 is 23.3 Å². The molecule has 2 fully saturated rings. The van der Waals surface area contributed by atoms with E-state index < -0.39 is 7.14 Å². The standard InChI is InChI=1S/C44H69N4O2PS2/c1-5-6-7-8-9-10-11-12-13-14-15-16-17-18-19-23-30-48(4)33-28-46(29-34-48)41-36-39-44(53-41)42(49)43-38(51(39,50)37-24-21-20-22-25-37)35-40(52-43)45-26-31-47(2,3)32-27-45/h20-22,24-25,35-36H,5-19,23,26-34H2,1-4H3/q+2. The second-order valence-corrected chi connectivity index (χ2v) is 22.1. The fraction of sp³-hybridized carbons (Fsp3) is 0.659. The van der Waals surface area contributed by atoms with Crippen LogP contribution in [0.3, 0.4) is 0 Å². The Morgan fingerprint density at radius 1 is 0.604 bits per heavy atom. The summed E-state index contributed by atoms with van der Waals surface area (Å²) in [6.45, 7) is 11.8. The van der Waals surface area contributed by atoms with Crippen LogP contribution >= 0.6 is 29.8 Å². The minimum Gasteiger partial charge on any atom is -0.352 e. The van der Waals surface area contributed by atoms with E-state index in [0.717, 1.165) is 87.2 Å². The molecule has 0 aliphatic carbocycles. The third kappa shape index (κ3) is 10.1. The van der Waals surface area contributed by atoms with Crippen LogP contribution < -0.4 is 25.7 Å². The lowest BCUT2D eigenvalue weighted by atomic mass is 10.0. The minimum atomic E-state index is -3.20. The zero-order valence-electron chi connectivity index (χ0n) is 33.6. The van der Waals surface area contributed by atoms with Crippen molar-refractivity contribution in [3.63, 3.8) is 0 Å². The molecule has 1 unspecified atom stereocenters. The largest absolute Gasteiger partial charge is 0.352 e. The molecule has 0 amide bonds. The molecule has 5 heterocycles. The van der Waals surface area contributed by atoms with Gasteiger partial charge in [-0.15, -0.1) is 22.7 Å². The van der Waals surface area contributed by atoms with Crippen LogP contribution in [0.4, 0.5) is 10.0 Å². The van der Waals surface area contributed by atoms with Gasteiger partial charge in [-0.3, -0.25) is 4.79 Å². The van der Waals surface area contributed by atoms with Crippen molar-refractivity contribution in [3.8, 4) is 0 Å². The molecule has 0 saturated carbocycles. The Balaban J connectivity index is 0.977. The lowest BCUT2D eigenvalue weighted by molar-refractivity contribution is -0.910. The van der Waals surface area contributed by atoms with Crippen LogP contribution in [0.1, 0.15) is 124 Å². The molecule has 292 valence electrons. The van der Waals surface area contributed by atoms with E-state index in [9.17, 15) is 4.79 Å². The normalized spacial score (nSPS) is 20.8. The molecule has 1 atom stereocenters. The Hall–Kier alpha value is -1.96. The van der Waals surface area contributed by atoms with Gasteiger partial charge in [0.25, 0.3) is 0 Å². The molecule has 0 N–H and O–H groups in total. The molecule has 2 saturated heterocycles. The van der Waals surface area contributed by atoms with Gasteiger partial charge in [-0.25, -0.2) is 0 Å². The highest BCUT2D eigenvalue weighted by molar-refractivity contribution is 7.86. The Bertz CT molecular complexity index is 1650. The number of benzene rings is 1. The number of hydrogen-bond donors (Lipinski definition) is 0. The first-order chi connectivity index (χ1) is 25.6. The monoisotopic (exact) mass is 780 g/mol. The fourth-order valence-corrected chi connectivity index (χ4v) is 14.8. The third-order valence-electron chi connectivity index (χ3n) is 12.6. The summed E-state index contributed by atoms with van der Waals surface area (Å²) in [5.74, 6) is 0.0687. The van der Waals surface area contributed by atoms with Crippen LogP contribution in [0.15, 0.2) is 42.5 Å². The molecule has 9 heteroatoms. The van der Waals surface area contributed by atoms with E-state index in [1.54, 1.807) is 22.7 Å². The SMILES string of the molecule is CCCCCCCCCCCCCCCCCC[N+]1(C)CCN(c2cc3c(s2)C(=O)c2sc(N4CC[N+](C)(C)CC4)cc2P3(=O)c2ccccc2)CC1. The molecule has 3 aromatic rings. The number of unbranched alkanes of at least 4 members (excludes halogenated alkanes) is 15. The molecule has 0 radical (unpaired) electrons. The summed E-state index contributed by atoms with van der Waals surface area (Å²) in [5.41, 5.74) is 0. The number of thiophene rings is 2. The van der Waals surface area contributed by atoms with Gasteiger partial charge in [0.1, 0.15) is 0 Å². The van der Waals surface area contributed by atoms with Crippen molar-refractivity contribution in [1.82, 2.24) is 0 Å². The van der Waals surface area contributed by atoms with Crippen LogP contribution in [0.2, 0.25) is 0 Å². The van der Waals surface area contributed by atoms with Crippen molar-refractivity contribution in [2.75, 3.05) is 89.8 Å². The minimum absolute atomic E-state index is 0.0687. The topological polar surface area (TPSA) is 40.6 Å². The molecule has 3 aliphatic rings. The van der Waals surface area contributed by atoms with Crippen molar-refractivity contribution in [2.24, 2.45) is 0 Å². The Morgan fingerprint density at radius 2 is 1.02 bits per heavy atom. The van der Waals surface area contributed by atoms with E-state index in [0.29, 0.717) is 9.75 Å². The van der Waals surface area contributed by atoms with E-state index in [4.69, 9.17) is 0 Å². The van der Waals surface area contributed by atoms with E-state index >= 15 is 4.57 Å². The number of carbonyl (C=O) groups excluding carboxylic acids is 1. The molecule has 1 aromatic carbocycles. The van der Waals surface area contributed by atoms with Gasteiger partial charge in [0.05, 0.1) is 99.8 Å². The lowest BCUT2D eigenvalue weighted by Gasteiger charge is -2.42. The summed E-state index contributed by atoms with van der Waals surface area (Å²) in [7, 11) is 3.80. The van der Waals surface area contributed by atoms with E-state index in [1.807, 2.05) is 30.3 Å². The molecular formula is C44H69N4O2PS2+2. The first-order valence-corrected chi connectivity index (χ1v) is 24.6. The van der Waals surface area contributed by atoms with Gasteiger partial charge in [0, 0.05) is 15.9 Å². The number of ketones is 1. The molecule has 53 heavy (non-hydrogen) atoms. The Kier molecular flexibility index (Phi) is 14.4. The molecule has 6 nitrogen and oxygen atoms in total. The Labute approximate surface area is 330 Å². The number of likely N-dealkylation sites (N-methyl/N-ethyl adjacent to an activating group) is 2. The predicted octanol–water partition coefficient (Wildman–Crippen LogP) is 9.42. The molecule has 0 bridgehead atoms. The highest BCUT2D eigenvalue weighted by Crippen LogP contribution is 2.53. The van der Waals surface area contributed by atoms with Gasteiger partial charge in [0.2, 0.25) is 5.78 Å². The van der Waals surface area contributed by atoms with Crippen LogP contribution in [0.25, 0.3) is 0 Å². The van der Waals surface area contributed by atoms with Gasteiger partial charge in [-0.1, -0.05) is 127 Å². The highest BCUT2D eigenvalue weighted by atomic mass is 32.1. The van der Waals surface area contributed by atoms with Crippen molar-refractivity contribution in [2.45, 2.75) is 110 Å². The number of nitrogens with zero attached hydrogens (tertiary/aromatic N) is 4. The number of carbonyl (C=O) groups is 1. The van der Waals surface area contributed by atoms with Gasteiger partial charge in [-0.2, -0.15) is 0 Å². The molecule has 2 aromatic heterocycles. The first-order valence-electron chi connectivity index (χ1n) is 21.3. The first kappa shape index (κ1) is 40.7. The van der Waals surface area contributed by atoms with Gasteiger partial charge >= 0.3 is 0 Å². The van der Waals surface area contributed by atoms with Crippen molar-refractivity contribution < 1.29 is 18.3 Å². The average molecular weight is 781 g/mol. The average Bonchev–Trinajstić information content (AvgIpc) is 3.82. The molecule has 6 rings (SSSR count). The molecule has 0 spiro atoms. The van der Waals surface area contributed by atoms with Crippen molar-refractivity contribution >= 4 is 61.5 Å². The van der Waals surface area contributed by atoms with Crippen LogP contribution in [-0.2, 0) is 4.57 Å². The van der Waals surface area contributed by atoms with Crippen LogP contribution in [0.5, 0.6) is 0 Å².